The lowest BCUT2D eigenvalue weighted by Crippen LogP contribution is -2.40. The van der Waals surface area contributed by atoms with E-state index >= 15 is 0 Å². The molecule has 45 heavy (non-hydrogen) atoms. The quantitative estimate of drug-likeness (QED) is 0.155. The molecule has 0 bridgehead atoms. The number of rotatable bonds is 8. The van der Waals surface area contributed by atoms with Gasteiger partial charge < -0.3 is 9.47 Å². The van der Waals surface area contributed by atoms with E-state index in [1.807, 2.05) is 66.7 Å². The summed E-state index contributed by atoms with van der Waals surface area (Å²) in [7, 11) is 0. The van der Waals surface area contributed by atoms with Gasteiger partial charge in [-0.15, -0.1) is 0 Å². The van der Waals surface area contributed by atoms with Crippen LogP contribution in [0.25, 0.3) is 11.8 Å². The number of benzene rings is 4. The molecular weight excluding hydrogens is 695 g/mol. The average Bonchev–Trinajstić information content (AvgIpc) is 3.35. The summed E-state index contributed by atoms with van der Waals surface area (Å²) in [5, 5.41) is 1.03. The molecule has 10 heteroatoms. The lowest BCUT2D eigenvalue weighted by atomic mass is 9.93. The average molecular weight is 720 g/mol. The number of hydrogen-bond acceptors (Lipinski definition) is 6. The summed E-state index contributed by atoms with van der Waals surface area (Å²) in [4.78, 5) is 33.2. The van der Waals surface area contributed by atoms with Crippen molar-refractivity contribution in [3.05, 3.63) is 159 Å². The smallest absolute Gasteiger partial charge is 0.338 e. The number of aromatic nitrogens is 1. The minimum Gasteiger partial charge on any atom is -0.488 e. The van der Waals surface area contributed by atoms with Gasteiger partial charge in [-0.05, 0) is 66.6 Å². The largest absolute Gasteiger partial charge is 0.488 e. The zero-order valence-electron chi connectivity index (χ0n) is 23.9. The van der Waals surface area contributed by atoms with Crippen molar-refractivity contribution in [3.63, 3.8) is 0 Å². The molecule has 0 saturated heterocycles. The van der Waals surface area contributed by atoms with E-state index in [1.54, 1.807) is 47.9 Å². The molecule has 4 aromatic carbocycles. The van der Waals surface area contributed by atoms with Gasteiger partial charge in [-0.2, -0.15) is 0 Å². The number of fused-ring (bicyclic) bond motifs is 1. The SMILES string of the molecule is CCOC(=O)C1=C(c2ccccc2)N=c2s/c(=C\c3cc(Cl)ccc3OCc3ccc(Br)cc3)c(=O)n2[C@@H]1c1ccc(Cl)cc1. The van der Waals surface area contributed by atoms with Crippen molar-refractivity contribution >= 4 is 68.2 Å². The second-order valence-corrected chi connectivity index (χ2v) is 12.9. The van der Waals surface area contributed by atoms with E-state index in [4.69, 9.17) is 37.7 Å². The van der Waals surface area contributed by atoms with Crippen LogP contribution in [0.15, 0.2) is 117 Å². The van der Waals surface area contributed by atoms with Crippen LogP contribution in [0.4, 0.5) is 0 Å². The Morgan fingerprint density at radius 3 is 2.40 bits per heavy atom. The molecule has 0 amide bonds. The Labute approximate surface area is 281 Å². The molecule has 0 saturated carbocycles. The van der Waals surface area contributed by atoms with E-state index in [0.29, 0.717) is 48.6 Å². The first-order valence-corrected chi connectivity index (χ1v) is 16.4. The minimum atomic E-state index is -0.803. The maximum absolute atomic E-state index is 14.2. The maximum Gasteiger partial charge on any atom is 0.338 e. The summed E-state index contributed by atoms with van der Waals surface area (Å²) in [6.07, 6.45) is 1.75. The Hall–Kier alpha value is -3.95. The molecular formula is C35H25BrCl2N2O4S. The number of carbonyl (C=O) groups excluding carboxylic acids is 1. The molecule has 0 fully saturated rings. The lowest BCUT2D eigenvalue weighted by molar-refractivity contribution is -0.138. The highest BCUT2D eigenvalue weighted by molar-refractivity contribution is 9.10. The number of esters is 1. The van der Waals surface area contributed by atoms with Crippen LogP contribution in [0.5, 0.6) is 5.75 Å². The minimum absolute atomic E-state index is 0.167. The van der Waals surface area contributed by atoms with E-state index in [2.05, 4.69) is 15.9 Å². The first-order chi connectivity index (χ1) is 21.8. The summed E-state index contributed by atoms with van der Waals surface area (Å²) in [6.45, 7) is 2.24. The Kier molecular flexibility index (Phi) is 9.37. The number of ether oxygens (including phenoxy) is 2. The lowest BCUT2D eigenvalue weighted by Gasteiger charge is -2.25. The molecule has 1 aromatic heterocycles. The van der Waals surface area contributed by atoms with E-state index in [9.17, 15) is 9.59 Å². The van der Waals surface area contributed by atoms with Crippen molar-refractivity contribution in [2.75, 3.05) is 6.61 Å². The predicted molar refractivity (Wildman–Crippen MR) is 182 cm³/mol. The molecule has 226 valence electrons. The third-order valence-electron chi connectivity index (χ3n) is 7.13. The molecule has 5 aromatic rings. The van der Waals surface area contributed by atoms with E-state index in [-0.39, 0.29) is 17.7 Å². The van der Waals surface area contributed by atoms with E-state index < -0.39 is 12.0 Å². The van der Waals surface area contributed by atoms with Crippen LogP contribution in [-0.4, -0.2) is 17.1 Å². The van der Waals surface area contributed by atoms with Crippen molar-refractivity contribution < 1.29 is 14.3 Å². The normalized spacial score (nSPS) is 14.6. The van der Waals surface area contributed by atoms with Crippen molar-refractivity contribution in [2.24, 2.45) is 4.99 Å². The summed E-state index contributed by atoms with van der Waals surface area (Å²) in [5.74, 6) is 0.0207. The third kappa shape index (κ3) is 6.70. The second-order valence-electron chi connectivity index (χ2n) is 10.1. The van der Waals surface area contributed by atoms with Gasteiger partial charge in [0.15, 0.2) is 4.80 Å². The zero-order valence-corrected chi connectivity index (χ0v) is 27.8. The van der Waals surface area contributed by atoms with Crippen LogP contribution in [0, 0.1) is 0 Å². The molecule has 1 aliphatic heterocycles. The van der Waals surface area contributed by atoms with Crippen molar-refractivity contribution in [3.8, 4) is 5.75 Å². The summed E-state index contributed by atoms with van der Waals surface area (Å²) in [6, 6.07) is 28.8. The van der Waals surface area contributed by atoms with Gasteiger partial charge in [0.25, 0.3) is 5.56 Å². The molecule has 0 aliphatic carbocycles. The van der Waals surface area contributed by atoms with Gasteiger partial charge in [-0.25, -0.2) is 9.79 Å². The number of carbonyl (C=O) groups is 1. The van der Waals surface area contributed by atoms with Crippen molar-refractivity contribution in [1.29, 1.82) is 0 Å². The summed E-state index contributed by atoms with van der Waals surface area (Å²) >= 11 is 17.3. The Morgan fingerprint density at radius 2 is 1.69 bits per heavy atom. The highest BCUT2D eigenvalue weighted by Gasteiger charge is 2.35. The topological polar surface area (TPSA) is 69.9 Å². The monoisotopic (exact) mass is 718 g/mol. The molecule has 0 spiro atoms. The number of halogens is 3. The standard InChI is InChI=1S/C35H25BrCl2N2O4S/c1-2-43-34(42)30-31(22-6-4-3-5-7-22)39-35-40(32(30)23-10-14-26(37)15-11-23)33(41)29(45-35)19-24-18-27(38)16-17-28(24)44-20-21-8-12-25(36)13-9-21/h3-19,32H,2,20H2,1H3/b29-19-/t32-/m1/s1. The molecule has 0 N–H and O–H groups in total. The highest BCUT2D eigenvalue weighted by Crippen LogP contribution is 2.35. The van der Waals surface area contributed by atoms with Crippen LogP contribution < -0.4 is 19.6 Å². The molecule has 0 unspecified atom stereocenters. The van der Waals surface area contributed by atoms with Crippen LogP contribution in [0.1, 0.15) is 35.2 Å². The fraction of sp³-hybridized carbons (Fsp3) is 0.114. The molecule has 6 nitrogen and oxygen atoms in total. The van der Waals surface area contributed by atoms with E-state index in [0.717, 1.165) is 15.6 Å². The van der Waals surface area contributed by atoms with Crippen molar-refractivity contribution in [1.82, 2.24) is 4.57 Å². The third-order valence-corrected chi connectivity index (χ3v) is 9.12. The Bertz CT molecular complexity index is 2090. The Balaban J connectivity index is 1.53. The van der Waals surface area contributed by atoms with Crippen LogP contribution in [-0.2, 0) is 16.1 Å². The van der Waals surface area contributed by atoms with Gasteiger partial charge in [0.2, 0.25) is 0 Å². The van der Waals surface area contributed by atoms with Gasteiger partial charge in [0, 0.05) is 25.6 Å². The van der Waals surface area contributed by atoms with E-state index in [1.165, 1.54) is 11.3 Å². The summed E-state index contributed by atoms with van der Waals surface area (Å²) < 4.78 is 14.6. The van der Waals surface area contributed by atoms with Gasteiger partial charge in [0.05, 0.1) is 28.5 Å². The summed E-state index contributed by atoms with van der Waals surface area (Å²) in [5.41, 5.74) is 3.46. The molecule has 0 radical (unpaired) electrons. The van der Waals surface area contributed by atoms with Crippen LogP contribution in [0.2, 0.25) is 10.0 Å². The van der Waals surface area contributed by atoms with Gasteiger partial charge >= 0.3 is 5.97 Å². The number of nitrogens with zero attached hydrogens (tertiary/aromatic N) is 2. The molecule has 2 heterocycles. The van der Waals surface area contributed by atoms with Crippen molar-refractivity contribution in [2.45, 2.75) is 19.6 Å². The van der Waals surface area contributed by atoms with Crippen LogP contribution >= 0.6 is 50.5 Å². The maximum atomic E-state index is 14.2. The number of hydrogen-bond donors (Lipinski definition) is 0. The molecule has 1 aliphatic rings. The number of thiazole rings is 1. The van der Waals surface area contributed by atoms with Gasteiger partial charge in [0.1, 0.15) is 12.4 Å². The van der Waals surface area contributed by atoms with Gasteiger partial charge in [-0.3, -0.25) is 9.36 Å². The molecule has 6 rings (SSSR count). The highest BCUT2D eigenvalue weighted by atomic mass is 79.9. The van der Waals surface area contributed by atoms with Gasteiger partial charge in [-0.1, -0.05) is 105 Å². The zero-order chi connectivity index (χ0) is 31.5. The Morgan fingerprint density at radius 1 is 0.978 bits per heavy atom. The fourth-order valence-electron chi connectivity index (χ4n) is 5.05. The molecule has 1 atom stereocenters. The first-order valence-electron chi connectivity index (χ1n) is 14.0. The predicted octanol–water partition coefficient (Wildman–Crippen LogP) is 7.58. The fourth-order valence-corrected chi connectivity index (χ4v) is 6.61. The van der Waals surface area contributed by atoms with Crippen LogP contribution in [0.3, 0.4) is 0 Å². The second kappa shape index (κ2) is 13.6. The first kappa shape index (κ1) is 31.0.